The average molecular weight is 735 g/mol. The molecule has 5 aliphatic carbocycles. The predicted molar refractivity (Wildman–Crippen MR) is 229 cm³/mol. The van der Waals surface area contributed by atoms with Crippen molar-refractivity contribution in [3.05, 3.63) is 95.3 Å². The molecule has 5 aliphatic rings. The lowest BCUT2D eigenvalue weighted by Crippen LogP contribution is -2.33. The standard InChI is InChI=1S/C53H70N2/c1-39-48(50-37-45(23-33-54(50)2)43-19-29-52(30-20-43)25-9-5-10-26-52)35-47(42-17-15-41(16-18-42)40-13-7-4-8-14-40)36-49(39)51-38-46(24-34-55(51)3)44-21-31-53(32-22-44)27-11-6-12-28-53/h15-18,23-24,33-38,40,43-44H,4-14,19-22,25-32H2,1-3H3/q+2. The Bertz CT molecular complexity index is 1820. The molecular weight excluding hydrogens is 665 g/mol. The Balaban J connectivity index is 1.08. The topological polar surface area (TPSA) is 7.76 Å². The summed E-state index contributed by atoms with van der Waals surface area (Å²) in [6, 6.07) is 24.9. The zero-order valence-corrected chi connectivity index (χ0v) is 34.8. The SMILES string of the molecule is Cc1c(-c2cc(C3CCC4(CCCCC4)CC3)cc[n+]2C)cc(-c2ccc(C3CCCCC3)cc2)cc1-c1cc(C2CCC3(CCCCC3)CC2)cc[n+]1C. The molecule has 2 spiro atoms. The zero-order chi connectivity index (χ0) is 37.4. The smallest absolute Gasteiger partial charge is 0.201 e. The van der Waals surface area contributed by atoms with Crippen LogP contribution >= 0.6 is 0 Å². The highest BCUT2D eigenvalue weighted by molar-refractivity contribution is 5.82. The van der Waals surface area contributed by atoms with Crippen molar-refractivity contribution in [1.82, 2.24) is 0 Å². The molecule has 0 bridgehead atoms. The van der Waals surface area contributed by atoms with Crippen molar-refractivity contribution < 1.29 is 9.13 Å². The summed E-state index contributed by atoms with van der Waals surface area (Å²) in [5, 5.41) is 0. The van der Waals surface area contributed by atoms with Gasteiger partial charge in [-0.15, -0.1) is 0 Å². The lowest BCUT2D eigenvalue weighted by Gasteiger charge is -2.43. The third kappa shape index (κ3) is 7.75. The van der Waals surface area contributed by atoms with Gasteiger partial charge in [-0.3, -0.25) is 0 Å². The summed E-state index contributed by atoms with van der Waals surface area (Å²) in [4.78, 5) is 0. The van der Waals surface area contributed by atoms with Crippen LogP contribution in [0.1, 0.15) is 188 Å². The fraction of sp³-hybridized carbons (Fsp3) is 0.585. The largest absolute Gasteiger partial charge is 0.212 e. The Morgan fingerprint density at radius 1 is 0.418 bits per heavy atom. The van der Waals surface area contributed by atoms with Crippen molar-refractivity contribution >= 4 is 0 Å². The number of pyridine rings is 2. The van der Waals surface area contributed by atoms with Gasteiger partial charge in [0.05, 0.1) is 11.1 Å². The summed E-state index contributed by atoms with van der Waals surface area (Å²) in [5.41, 5.74) is 15.5. The van der Waals surface area contributed by atoms with Gasteiger partial charge in [0.1, 0.15) is 14.1 Å². The minimum atomic E-state index is 0.655. The second-order valence-electron chi connectivity index (χ2n) is 19.7. The number of hydrogen-bond acceptors (Lipinski definition) is 0. The molecule has 0 N–H and O–H groups in total. The summed E-state index contributed by atoms with van der Waals surface area (Å²) in [6.07, 6.45) is 37.4. The maximum Gasteiger partial charge on any atom is 0.212 e. The first-order valence-corrected chi connectivity index (χ1v) is 23.1. The predicted octanol–water partition coefficient (Wildman–Crippen LogP) is 13.9. The molecule has 2 aromatic carbocycles. The van der Waals surface area contributed by atoms with Gasteiger partial charge in [-0.25, -0.2) is 9.13 Å². The Kier molecular flexibility index (Phi) is 10.8. The molecule has 2 nitrogen and oxygen atoms in total. The maximum absolute atomic E-state index is 2.59. The molecule has 55 heavy (non-hydrogen) atoms. The van der Waals surface area contributed by atoms with E-state index in [1.165, 1.54) is 187 Å². The molecule has 0 aliphatic heterocycles. The average Bonchev–Trinajstić information content (AvgIpc) is 3.23. The minimum Gasteiger partial charge on any atom is -0.201 e. The number of aromatic nitrogens is 2. The molecular formula is C53H70N2+2. The van der Waals surface area contributed by atoms with Gasteiger partial charge in [-0.1, -0.05) is 82.1 Å². The second-order valence-corrected chi connectivity index (χ2v) is 19.7. The lowest BCUT2D eigenvalue weighted by atomic mass is 9.62. The van der Waals surface area contributed by atoms with Crippen LogP contribution in [0.2, 0.25) is 0 Å². The van der Waals surface area contributed by atoms with Crippen molar-refractivity contribution in [2.75, 3.05) is 0 Å². The monoisotopic (exact) mass is 735 g/mol. The Morgan fingerprint density at radius 3 is 1.29 bits per heavy atom. The van der Waals surface area contributed by atoms with Crippen molar-refractivity contribution in [2.24, 2.45) is 24.9 Å². The summed E-state index contributed by atoms with van der Waals surface area (Å²) in [5.74, 6) is 2.09. The van der Waals surface area contributed by atoms with Crippen LogP contribution in [0.4, 0.5) is 0 Å². The van der Waals surface area contributed by atoms with Crippen molar-refractivity contribution in [2.45, 2.75) is 172 Å². The molecule has 2 aromatic heterocycles. The molecule has 5 saturated carbocycles. The van der Waals surface area contributed by atoms with Gasteiger partial charge in [-0.05, 0) is 171 Å². The van der Waals surface area contributed by atoms with Crippen LogP contribution in [0.3, 0.4) is 0 Å². The van der Waals surface area contributed by atoms with E-state index in [1.54, 1.807) is 16.7 Å². The first-order chi connectivity index (χ1) is 26.9. The van der Waals surface area contributed by atoms with Crippen LogP contribution < -0.4 is 9.13 Å². The van der Waals surface area contributed by atoms with Crippen LogP contribution in [0.15, 0.2) is 73.1 Å². The van der Waals surface area contributed by atoms with Crippen LogP contribution in [0, 0.1) is 17.8 Å². The Labute approximate surface area is 334 Å². The van der Waals surface area contributed by atoms with Crippen molar-refractivity contribution in [1.29, 1.82) is 0 Å². The third-order valence-corrected chi connectivity index (χ3v) is 16.5. The van der Waals surface area contributed by atoms with Gasteiger partial charge in [0.2, 0.25) is 11.4 Å². The van der Waals surface area contributed by atoms with E-state index in [2.05, 4.69) is 103 Å². The van der Waals surface area contributed by atoms with Gasteiger partial charge in [-0.2, -0.15) is 0 Å². The van der Waals surface area contributed by atoms with Crippen LogP contribution in [0.5, 0.6) is 0 Å². The fourth-order valence-electron chi connectivity index (χ4n) is 12.7. The molecule has 0 saturated heterocycles. The van der Waals surface area contributed by atoms with E-state index in [-0.39, 0.29) is 0 Å². The second kappa shape index (κ2) is 15.9. The van der Waals surface area contributed by atoms with E-state index in [4.69, 9.17) is 0 Å². The van der Waals surface area contributed by atoms with Crippen LogP contribution in [-0.2, 0) is 14.1 Å². The Morgan fingerprint density at radius 2 is 0.836 bits per heavy atom. The first-order valence-electron chi connectivity index (χ1n) is 23.1. The number of benzene rings is 2. The molecule has 290 valence electrons. The minimum absolute atomic E-state index is 0.655. The summed E-state index contributed by atoms with van der Waals surface area (Å²) in [6.45, 7) is 2.40. The van der Waals surface area contributed by atoms with Crippen LogP contribution in [0.25, 0.3) is 33.6 Å². The first kappa shape index (κ1) is 37.3. The van der Waals surface area contributed by atoms with Gasteiger partial charge < -0.3 is 0 Å². The quantitative estimate of drug-likeness (QED) is 0.174. The molecule has 4 aromatic rings. The normalized spacial score (nSPS) is 23.3. The molecule has 0 unspecified atom stereocenters. The van der Waals surface area contributed by atoms with Gasteiger partial charge >= 0.3 is 0 Å². The molecule has 9 rings (SSSR count). The molecule has 0 atom stereocenters. The third-order valence-electron chi connectivity index (χ3n) is 16.5. The lowest BCUT2D eigenvalue weighted by molar-refractivity contribution is -0.660. The van der Waals surface area contributed by atoms with Gasteiger partial charge in [0, 0.05) is 24.3 Å². The summed E-state index contributed by atoms with van der Waals surface area (Å²) >= 11 is 0. The van der Waals surface area contributed by atoms with E-state index in [1.807, 2.05) is 0 Å². The molecule has 2 heterocycles. The van der Waals surface area contributed by atoms with Crippen LogP contribution in [-0.4, -0.2) is 0 Å². The molecule has 0 amide bonds. The zero-order valence-electron chi connectivity index (χ0n) is 34.8. The highest BCUT2D eigenvalue weighted by Crippen LogP contribution is 2.52. The summed E-state index contributed by atoms with van der Waals surface area (Å²) in [7, 11) is 4.54. The van der Waals surface area contributed by atoms with E-state index in [0.29, 0.717) is 22.7 Å². The number of aryl methyl sites for hydroxylation is 2. The fourth-order valence-corrected chi connectivity index (χ4v) is 12.7. The maximum atomic E-state index is 2.59. The summed E-state index contributed by atoms with van der Waals surface area (Å²) < 4.78 is 4.80. The number of rotatable bonds is 6. The number of nitrogens with zero attached hydrogens (tertiary/aromatic N) is 2. The van der Waals surface area contributed by atoms with Gasteiger partial charge in [0.25, 0.3) is 0 Å². The molecule has 5 fully saturated rings. The van der Waals surface area contributed by atoms with Crippen molar-refractivity contribution in [3.63, 3.8) is 0 Å². The molecule has 2 heteroatoms. The van der Waals surface area contributed by atoms with Gasteiger partial charge in [0.15, 0.2) is 12.4 Å². The van der Waals surface area contributed by atoms with E-state index in [9.17, 15) is 0 Å². The highest BCUT2D eigenvalue weighted by Gasteiger charge is 2.38. The number of hydrogen-bond donors (Lipinski definition) is 0. The van der Waals surface area contributed by atoms with E-state index >= 15 is 0 Å². The Hall–Kier alpha value is -3.26. The highest BCUT2D eigenvalue weighted by atomic mass is 14.9. The van der Waals surface area contributed by atoms with E-state index in [0.717, 1.165) is 5.92 Å². The van der Waals surface area contributed by atoms with Crippen molar-refractivity contribution in [3.8, 4) is 33.6 Å². The molecule has 0 radical (unpaired) electrons. The van der Waals surface area contributed by atoms with E-state index < -0.39 is 0 Å².